The highest BCUT2D eigenvalue weighted by molar-refractivity contribution is 5.99. The lowest BCUT2D eigenvalue weighted by molar-refractivity contribution is -0.00349. The number of carbonyl (C=O) groups is 2. The molecule has 1 saturated carbocycles. The van der Waals surface area contributed by atoms with E-state index in [1.807, 2.05) is 0 Å². The van der Waals surface area contributed by atoms with E-state index < -0.39 is 34.6 Å². The Morgan fingerprint density at radius 3 is 2.81 bits per heavy atom. The maximum absolute atomic E-state index is 13.8. The Balaban J connectivity index is 1.47. The van der Waals surface area contributed by atoms with Gasteiger partial charge in [-0.3, -0.25) is 14.4 Å². The van der Waals surface area contributed by atoms with Crippen molar-refractivity contribution in [2.45, 2.75) is 44.0 Å². The first-order valence-electron chi connectivity index (χ1n) is 10.5. The summed E-state index contributed by atoms with van der Waals surface area (Å²) in [5.41, 5.74) is -1.47. The fourth-order valence-electron chi connectivity index (χ4n) is 4.80. The number of hydrogen-bond acceptors (Lipinski definition) is 5. The molecule has 2 aromatic rings. The van der Waals surface area contributed by atoms with Gasteiger partial charge in [-0.1, -0.05) is 6.07 Å². The zero-order chi connectivity index (χ0) is 22.6. The quantitative estimate of drug-likeness (QED) is 0.749. The largest absolute Gasteiger partial charge is 0.503 e. The lowest BCUT2D eigenvalue weighted by atomic mass is 10.0. The van der Waals surface area contributed by atoms with Crippen LogP contribution in [0.5, 0.6) is 5.75 Å². The molecule has 1 aliphatic carbocycles. The number of hydrogen-bond donors (Lipinski definition) is 2. The van der Waals surface area contributed by atoms with Gasteiger partial charge in [-0.05, 0) is 25.3 Å². The molecule has 32 heavy (non-hydrogen) atoms. The predicted octanol–water partition coefficient (Wildman–Crippen LogP) is 1.71. The van der Waals surface area contributed by atoms with E-state index in [1.165, 1.54) is 16.8 Å². The van der Waals surface area contributed by atoms with Gasteiger partial charge < -0.3 is 24.6 Å². The molecule has 2 fully saturated rings. The van der Waals surface area contributed by atoms with E-state index in [9.17, 15) is 28.3 Å². The number of halogens is 2. The van der Waals surface area contributed by atoms with Gasteiger partial charge in [0.1, 0.15) is 17.2 Å². The molecule has 1 aromatic carbocycles. The van der Waals surface area contributed by atoms with Crippen LogP contribution in [-0.2, 0) is 11.3 Å². The molecule has 0 spiro atoms. The lowest BCUT2D eigenvalue weighted by Crippen LogP contribution is -2.51. The molecular formula is C22H21F2N3O5. The standard InChI is InChI=1S/C22H21F2N3O5/c23-12-2-1-11(17(24)5-12)7-25-21(30)16-9-26-14-8-27(13-3-4-15(6-13)32-10-14)22(31)18(26)20(29)19(16)28/h1-2,5,9,13-15,29H,3-4,6-8,10H2,(H,25,30). The summed E-state index contributed by atoms with van der Waals surface area (Å²) in [6.45, 7) is 0.348. The van der Waals surface area contributed by atoms with Gasteiger partial charge in [0, 0.05) is 37.0 Å². The summed E-state index contributed by atoms with van der Waals surface area (Å²) in [5, 5.41) is 13.0. The lowest BCUT2D eigenvalue weighted by Gasteiger charge is -2.41. The Hall–Kier alpha value is -3.27. The highest BCUT2D eigenvalue weighted by Crippen LogP contribution is 2.36. The van der Waals surface area contributed by atoms with Crippen LogP contribution in [0, 0.1) is 11.6 Å². The number of fused-ring (bicyclic) bond motifs is 7. The summed E-state index contributed by atoms with van der Waals surface area (Å²) >= 11 is 0. The van der Waals surface area contributed by atoms with Crippen LogP contribution in [0.15, 0.2) is 29.2 Å². The minimum Gasteiger partial charge on any atom is -0.503 e. The topological polar surface area (TPSA) is 101 Å². The van der Waals surface area contributed by atoms with Crippen molar-refractivity contribution in [3.8, 4) is 5.75 Å². The Bertz CT molecular complexity index is 1180. The summed E-state index contributed by atoms with van der Waals surface area (Å²) < 4.78 is 34.3. The molecule has 1 saturated heterocycles. The monoisotopic (exact) mass is 445 g/mol. The molecule has 10 heteroatoms. The smallest absolute Gasteiger partial charge is 0.274 e. The average Bonchev–Trinajstić information content (AvgIpc) is 3.24. The van der Waals surface area contributed by atoms with E-state index in [1.54, 1.807) is 4.90 Å². The number of carbonyl (C=O) groups excluding carboxylic acids is 2. The molecule has 2 amide bonds. The third kappa shape index (κ3) is 3.35. The van der Waals surface area contributed by atoms with E-state index in [-0.39, 0.29) is 48.2 Å². The number of amides is 2. The second kappa shape index (κ2) is 7.70. The van der Waals surface area contributed by atoms with E-state index in [0.29, 0.717) is 12.6 Å². The summed E-state index contributed by atoms with van der Waals surface area (Å²) in [6.07, 6.45) is 3.68. The first kappa shape index (κ1) is 20.6. The SMILES string of the molecule is O=C(NCc1ccc(F)cc1F)c1cn2c(c(O)c1=O)C(=O)N1CC2COC2CCC1C2. The zero-order valence-electron chi connectivity index (χ0n) is 17.0. The number of aromatic hydroxyl groups is 1. The molecular weight excluding hydrogens is 424 g/mol. The second-order valence-corrected chi connectivity index (χ2v) is 8.43. The van der Waals surface area contributed by atoms with Gasteiger partial charge in [0.15, 0.2) is 11.4 Å². The number of nitrogens with zero attached hydrogens (tertiary/aromatic N) is 2. The molecule has 3 atom stereocenters. The first-order chi connectivity index (χ1) is 15.3. The van der Waals surface area contributed by atoms with Crippen molar-refractivity contribution in [2.24, 2.45) is 0 Å². The van der Waals surface area contributed by atoms with Crippen LogP contribution in [0.25, 0.3) is 0 Å². The molecule has 3 heterocycles. The Morgan fingerprint density at radius 2 is 2.03 bits per heavy atom. The Labute approximate surface area is 181 Å². The number of benzene rings is 1. The molecule has 2 N–H and O–H groups in total. The molecule has 0 radical (unpaired) electrons. The molecule has 5 rings (SSSR count). The number of pyridine rings is 1. The van der Waals surface area contributed by atoms with E-state index in [2.05, 4.69) is 5.32 Å². The second-order valence-electron chi connectivity index (χ2n) is 8.43. The minimum absolute atomic E-state index is 0.00728. The summed E-state index contributed by atoms with van der Waals surface area (Å²) in [4.78, 5) is 40.2. The van der Waals surface area contributed by atoms with Crippen LogP contribution >= 0.6 is 0 Å². The molecule has 8 nitrogen and oxygen atoms in total. The van der Waals surface area contributed by atoms with Crippen molar-refractivity contribution < 1.29 is 28.2 Å². The van der Waals surface area contributed by atoms with Crippen molar-refractivity contribution in [1.29, 1.82) is 0 Å². The number of ether oxygens (including phenoxy) is 1. The summed E-state index contributed by atoms with van der Waals surface area (Å²) in [7, 11) is 0. The third-order valence-electron chi connectivity index (χ3n) is 6.50. The highest BCUT2D eigenvalue weighted by atomic mass is 19.1. The Morgan fingerprint density at radius 1 is 1.22 bits per heavy atom. The highest BCUT2D eigenvalue weighted by Gasteiger charge is 2.43. The Kier molecular flexibility index (Phi) is 4.96. The van der Waals surface area contributed by atoms with Gasteiger partial charge in [0.05, 0.1) is 18.8 Å². The van der Waals surface area contributed by atoms with E-state index in [0.717, 1.165) is 25.3 Å². The first-order valence-corrected chi connectivity index (χ1v) is 10.5. The van der Waals surface area contributed by atoms with Crippen LogP contribution in [0.2, 0.25) is 0 Å². The summed E-state index contributed by atoms with van der Waals surface area (Å²) in [6, 6.07) is 2.57. The van der Waals surface area contributed by atoms with Crippen LogP contribution in [-0.4, -0.2) is 51.7 Å². The van der Waals surface area contributed by atoms with Crippen molar-refractivity contribution in [1.82, 2.24) is 14.8 Å². The van der Waals surface area contributed by atoms with Crippen molar-refractivity contribution in [2.75, 3.05) is 13.2 Å². The molecule has 2 aliphatic heterocycles. The van der Waals surface area contributed by atoms with Crippen molar-refractivity contribution in [3.05, 3.63) is 63.1 Å². The summed E-state index contributed by atoms with van der Waals surface area (Å²) in [5.74, 6) is -3.65. The van der Waals surface area contributed by atoms with E-state index >= 15 is 0 Å². The van der Waals surface area contributed by atoms with Crippen LogP contribution in [0.3, 0.4) is 0 Å². The van der Waals surface area contributed by atoms with Crippen LogP contribution < -0.4 is 10.7 Å². The average molecular weight is 445 g/mol. The van der Waals surface area contributed by atoms with E-state index in [4.69, 9.17) is 4.74 Å². The van der Waals surface area contributed by atoms with Gasteiger partial charge in [0.25, 0.3) is 11.8 Å². The molecule has 1 aromatic heterocycles. The van der Waals surface area contributed by atoms with Crippen LogP contribution in [0.1, 0.15) is 51.7 Å². The fraction of sp³-hybridized carbons (Fsp3) is 0.409. The minimum atomic E-state index is -0.982. The van der Waals surface area contributed by atoms with Gasteiger partial charge in [-0.25, -0.2) is 8.78 Å². The maximum Gasteiger partial charge on any atom is 0.274 e. The predicted molar refractivity (Wildman–Crippen MR) is 107 cm³/mol. The van der Waals surface area contributed by atoms with Gasteiger partial charge in [-0.2, -0.15) is 0 Å². The molecule has 4 bridgehead atoms. The van der Waals surface area contributed by atoms with Gasteiger partial charge in [0.2, 0.25) is 5.43 Å². The van der Waals surface area contributed by atoms with Crippen molar-refractivity contribution >= 4 is 11.8 Å². The van der Waals surface area contributed by atoms with Gasteiger partial charge >= 0.3 is 0 Å². The number of rotatable bonds is 3. The molecule has 3 unspecified atom stereocenters. The normalized spacial score (nSPS) is 24.0. The third-order valence-corrected chi connectivity index (χ3v) is 6.50. The van der Waals surface area contributed by atoms with Gasteiger partial charge in [-0.15, -0.1) is 0 Å². The number of aromatic nitrogens is 1. The fourth-order valence-corrected chi connectivity index (χ4v) is 4.80. The molecule has 3 aliphatic rings. The number of nitrogens with one attached hydrogen (secondary N) is 1. The molecule has 168 valence electrons. The zero-order valence-corrected chi connectivity index (χ0v) is 17.0. The van der Waals surface area contributed by atoms with Crippen LogP contribution in [0.4, 0.5) is 8.78 Å². The maximum atomic E-state index is 13.8. The van der Waals surface area contributed by atoms with Crippen molar-refractivity contribution in [3.63, 3.8) is 0 Å².